The summed E-state index contributed by atoms with van der Waals surface area (Å²) in [5.74, 6) is 0.723. The lowest BCUT2D eigenvalue weighted by molar-refractivity contribution is -0.121. The Bertz CT molecular complexity index is 1220. The Kier molecular flexibility index (Phi) is 7.17. The molecule has 0 aliphatic heterocycles. The second-order valence-electron chi connectivity index (χ2n) is 11.0. The van der Waals surface area contributed by atoms with Gasteiger partial charge in [-0.2, -0.15) is 10.2 Å². The highest BCUT2D eigenvalue weighted by molar-refractivity contribution is 6.01. The summed E-state index contributed by atoms with van der Waals surface area (Å²) in [5, 5.41) is 17.9. The summed E-state index contributed by atoms with van der Waals surface area (Å²) in [6.07, 6.45) is 8.55. The van der Waals surface area contributed by atoms with Gasteiger partial charge in [0.15, 0.2) is 0 Å². The lowest BCUT2D eigenvalue weighted by Gasteiger charge is -2.46. The number of H-pyrrole nitrogens is 1. The van der Waals surface area contributed by atoms with Crippen LogP contribution < -0.4 is 10.6 Å². The van der Waals surface area contributed by atoms with Gasteiger partial charge in [-0.15, -0.1) is 0 Å². The first-order chi connectivity index (χ1) is 17.8. The van der Waals surface area contributed by atoms with Gasteiger partial charge >= 0.3 is 0 Å². The number of rotatable bonds is 9. The summed E-state index contributed by atoms with van der Waals surface area (Å²) in [4.78, 5) is 27.3. The minimum atomic E-state index is -0.586. The van der Waals surface area contributed by atoms with Crippen molar-refractivity contribution in [1.29, 1.82) is 0 Å². The minimum absolute atomic E-state index is 0.0538. The summed E-state index contributed by atoms with van der Waals surface area (Å²) < 4.78 is 1.71. The number of aromatic nitrogens is 4. The molecule has 2 aromatic heterocycles. The van der Waals surface area contributed by atoms with Gasteiger partial charge in [0.05, 0.1) is 5.69 Å². The van der Waals surface area contributed by atoms with Crippen LogP contribution in [0.25, 0.3) is 11.1 Å². The van der Waals surface area contributed by atoms with Gasteiger partial charge in [-0.1, -0.05) is 50.7 Å². The Morgan fingerprint density at radius 2 is 1.65 bits per heavy atom. The highest BCUT2D eigenvalue weighted by Crippen LogP contribution is 2.46. The molecule has 1 atom stereocenters. The van der Waals surface area contributed by atoms with E-state index in [4.69, 9.17) is 0 Å². The fraction of sp³-hybridized carbons (Fsp3) is 0.517. The topological polar surface area (TPSA) is 105 Å². The van der Waals surface area contributed by atoms with Crippen LogP contribution in [0.15, 0.2) is 36.5 Å². The molecular formula is C29H38N6O2. The average molecular weight is 503 g/mol. The molecule has 3 aromatic rings. The standard InChI is InChI=1S/C29H38N6O2/c1-17(2)35-24(15-16-30-35)28(36)32-27(26(20-7-5-8-20)21-9-6-10-21)29(37)31-23-13-11-22(12-14-23)25-18(3)33-34-19(25)4/h11-17,20-21,26-27H,5-10H2,1-4H3,(H,31,37)(H,32,36)(H,33,34). The molecule has 0 bridgehead atoms. The number of nitrogens with zero attached hydrogens (tertiary/aromatic N) is 3. The molecule has 0 saturated heterocycles. The number of hydrogen-bond donors (Lipinski definition) is 3. The number of carbonyl (C=O) groups excluding carboxylic acids is 2. The van der Waals surface area contributed by atoms with Crippen LogP contribution in [0.4, 0.5) is 5.69 Å². The van der Waals surface area contributed by atoms with E-state index < -0.39 is 6.04 Å². The third-order valence-electron chi connectivity index (χ3n) is 8.30. The lowest BCUT2D eigenvalue weighted by atomic mass is 9.62. The van der Waals surface area contributed by atoms with Gasteiger partial charge in [-0.3, -0.25) is 19.4 Å². The van der Waals surface area contributed by atoms with Crippen LogP contribution in [0.3, 0.4) is 0 Å². The number of anilines is 1. The number of aryl methyl sites for hydroxylation is 2. The first kappa shape index (κ1) is 25.2. The second kappa shape index (κ2) is 10.5. The molecule has 0 radical (unpaired) electrons. The van der Waals surface area contributed by atoms with E-state index in [1.807, 2.05) is 52.0 Å². The minimum Gasteiger partial charge on any atom is -0.339 e. The molecule has 1 unspecified atom stereocenters. The molecule has 5 rings (SSSR count). The third-order valence-corrected chi connectivity index (χ3v) is 8.30. The number of aromatic amines is 1. The van der Waals surface area contributed by atoms with Crippen molar-refractivity contribution in [3.63, 3.8) is 0 Å². The summed E-state index contributed by atoms with van der Waals surface area (Å²) in [6, 6.07) is 9.05. The van der Waals surface area contributed by atoms with Gasteiger partial charge in [0, 0.05) is 29.2 Å². The molecule has 3 N–H and O–H groups in total. The van der Waals surface area contributed by atoms with Gasteiger partial charge in [-0.25, -0.2) is 0 Å². The van der Waals surface area contributed by atoms with Crippen molar-refractivity contribution >= 4 is 17.5 Å². The molecule has 2 aliphatic carbocycles. The Morgan fingerprint density at radius 3 is 2.16 bits per heavy atom. The van der Waals surface area contributed by atoms with E-state index in [2.05, 4.69) is 25.9 Å². The largest absolute Gasteiger partial charge is 0.339 e. The van der Waals surface area contributed by atoms with Gasteiger partial charge in [0.1, 0.15) is 11.7 Å². The SMILES string of the molecule is Cc1n[nH]c(C)c1-c1ccc(NC(=O)C(NC(=O)c2ccnn2C(C)C)C(C2CCC2)C2CCC2)cc1. The van der Waals surface area contributed by atoms with Crippen LogP contribution in [0.1, 0.15) is 80.3 Å². The summed E-state index contributed by atoms with van der Waals surface area (Å²) >= 11 is 0. The number of hydrogen-bond acceptors (Lipinski definition) is 4. The van der Waals surface area contributed by atoms with Gasteiger partial charge < -0.3 is 10.6 Å². The van der Waals surface area contributed by atoms with Crippen molar-refractivity contribution in [2.24, 2.45) is 17.8 Å². The van der Waals surface area contributed by atoms with Crippen molar-refractivity contribution in [2.45, 2.75) is 78.3 Å². The predicted molar refractivity (Wildman–Crippen MR) is 144 cm³/mol. The van der Waals surface area contributed by atoms with Crippen molar-refractivity contribution < 1.29 is 9.59 Å². The van der Waals surface area contributed by atoms with E-state index in [-0.39, 0.29) is 23.8 Å². The quantitative estimate of drug-likeness (QED) is 0.363. The zero-order valence-electron chi connectivity index (χ0n) is 22.3. The number of benzene rings is 1. The zero-order valence-corrected chi connectivity index (χ0v) is 22.3. The molecule has 1 aromatic carbocycles. The monoisotopic (exact) mass is 502 g/mol. The van der Waals surface area contributed by atoms with E-state index in [0.717, 1.165) is 53.9 Å². The molecule has 8 nitrogen and oxygen atoms in total. The second-order valence-corrected chi connectivity index (χ2v) is 11.0. The number of carbonyl (C=O) groups is 2. The van der Waals surface area contributed by atoms with E-state index >= 15 is 0 Å². The normalized spacial score (nSPS) is 16.9. The van der Waals surface area contributed by atoms with Crippen molar-refractivity contribution in [3.05, 3.63) is 53.6 Å². The summed E-state index contributed by atoms with van der Waals surface area (Å²) in [6.45, 7) is 7.98. The van der Waals surface area contributed by atoms with E-state index in [1.54, 1.807) is 16.9 Å². The van der Waals surface area contributed by atoms with Crippen LogP contribution in [0.2, 0.25) is 0 Å². The van der Waals surface area contributed by atoms with Crippen LogP contribution in [0, 0.1) is 31.6 Å². The Labute approximate surface area is 218 Å². The molecular weight excluding hydrogens is 464 g/mol. The van der Waals surface area contributed by atoms with Gasteiger partial charge in [0.25, 0.3) is 5.91 Å². The highest BCUT2D eigenvalue weighted by Gasteiger charge is 2.44. The van der Waals surface area contributed by atoms with Crippen molar-refractivity contribution in [2.75, 3.05) is 5.32 Å². The smallest absolute Gasteiger partial charge is 0.270 e. The lowest BCUT2D eigenvalue weighted by Crippen LogP contribution is -2.54. The Hall–Kier alpha value is -3.42. The molecule has 2 heterocycles. The molecule has 196 valence electrons. The first-order valence-corrected chi connectivity index (χ1v) is 13.6. The van der Waals surface area contributed by atoms with Crippen LogP contribution in [-0.2, 0) is 4.79 Å². The third kappa shape index (κ3) is 5.06. The molecule has 2 saturated carbocycles. The van der Waals surface area contributed by atoms with Gasteiger partial charge in [0.2, 0.25) is 5.91 Å². The fourth-order valence-electron chi connectivity index (χ4n) is 5.95. The molecule has 8 heteroatoms. The molecule has 2 amide bonds. The molecule has 2 fully saturated rings. The van der Waals surface area contributed by atoms with Crippen molar-refractivity contribution in [1.82, 2.24) is 25.3 Å². The Morgan fingerprint density at radius 1 is 1.00 bits per heavy atom. The molecule has 2 aliphatic rings. The number of nitrogens with one attached hydrogen (secondary N) is 3. The van der Waals surface area contributed by atoms with E-state index in [0.29, 0.717) is 17.5 Å². The van der Waals surface area contributed by atoms with Gasteiger partial charge in [-0.05, 0) is 69.2 Å². The van der Waals surface area contributed by atoms with E-state index in [1.165, 1.54) is 12.8 Å². The summed E-state index contributed by atoms with van der Waals surface area (Å²) in [7, 11) is 0. The first-order valence-electron chi connectivity index (χ1n) is 13.6. The average Bonchev–Trinajstić information content (AvgIpc) is 3.42. The molecule has 0 spiro atoms. The number of amides is 2. The summed E-state index contributed by atoms with van der Waals surface area (Å²) in [5.41, 5.74) is 5.31. The Balaban J connectivity index is 1.39. The predicted octanol–water partition coefficient (Wildman–Crippen LogP) is 5.42. The fourth-order valence-corrected chi connectivity index (χ4v) is 5.95. The van der Waals surface area contributed by atoms with Crippen LogP contribution in [0.5, 0.6) is 0 Å². The zero-order chi connectivity index (χ0) is 26.1. The maximum atomic E-state index is 13.8. The van der Waals surface area contributed by atoms with Crippen molar-refractivity contribution in [3.8, 4) is 11.1 Å². The maximum absolute atomic E-state index is 13.8. The highest BCUT2D eigenvalue weighted by atomic mass is 16.2. The van der Waals surface area contributed by atoms with E-state index in [9.17, 15) is 9.59 Å². The van der Waals surface area contributed by atoms with Crippen LogP contribution in [-0.4, -0.2) is 37.8 Å². The molecule has 37 heavy (non-hydrogen) atoms. The van der Waals surface area contributed by atoms with Crippen LogP contribution >= 0.6 is 0 Å². The maximum Gasteiger partial charge on any atom is 0.270 e.